The Hall–Kier alpha value is -2.72. The van der Waals surface area contributed by atoms with Gasteiger partial charge in [0.05, 0.1) is 11.4 Å². The van der Waals surface area contributed by atoms with Crippen LogP contribution >= 0.6 is 12.6 Å². The lowest BCUT2D eigenvalue weighted by molar-refractivity contribution is -0.127. The minimum Gasteiger partial charge on any atom is -0.612 e. The van der Waals surface area contributed by atoms with E-state index < -0.39 is 17.3 Å². The molecule has 0 radical (unpaired) electrons. The van der Waals surface area contributed by atoms with Crippen molar-refractivity contribution in [2.24, 2.45) is 5.73 Å². The smallest absolute Gasteiger partial charge is 0.261 e. The highest BCUT2D eigenvalue weighted by molar-refractivity contribution is 7.90. The average molecular weight is 499 g/mol. The number of nitrogens with zero attached hydrogens (tertiary/aromatic N) is 1. The van der Waals surface area contributed by atoms with Crippen LogP contribution in [0.15, 0.2) is 71.6 Å². The Labute approximate surface area is 209 Å². The van der Waals surface area contributed by atoms with Gasteiger partial charge in [-0.2, -0.15) is 12.6 Å². The van der Waals surface area contributed by atoms with Gasteiger partial charge in [-0.15, -0.1) is 0 Å². The highest BCUT2D eigenvalue weighted by Crippen LogP contribution is 2.28. The number of carbonyl (C=O) groups excluding carboxylic acids is 1. The first-order chi connectivity index (χ1) is 16.4. The van der Waals surface area contributed by atoms with Crippen LogP contribution in [0.2, 0.25) is 0 Å². The molecule has 34 heavy (non-hydrogen) atoms. The molecule has 2 aromatic carbocycles. The molecule has 3 unspecified atom stereocenters. The first-order valence-corrected chi connectivity index (χ1v) is 13.1. The van der Waals surface area contributed by atoms with Crippen LogP contribution in [-0.4, -0.2) is 46.1 Å². The number of pyridine rings is 1. The quantitative estimate of drug-likeness (QED) is 0.239. The topological polar surface area (TPSA) is 112 Å². The van der Waals surface area contributed by atoms with Crippen LogP contribution in [0.5, 0.6) is 5.88 Å². The van der Waals surface area contributed by atoms with Crippen LogP contribution < -0.4 is 21.1 Å². The van der Waals surface area contributed by atoms with Crippen molar-refractivity contribution < 1.29 is 14.1 Å². The molecular formula is C25H30N4O3S2. The summed E-state index contributed by atoms with van der Waals surface area (Å²) in [6.45, 7) is 2.51. The number of carbonyl (C=O) groups is 1. The van der Waals surface area contributed by atoms with Crippen LogP contribution in [0.4, 0.5) is 5.69 Å². The van der Waals surface area contributed by atoms with Gasteiger partial charge in [-0.05, 0) is 47.9 Å². The van der Waals surface area contributed by atoms with Gasteiger partial charge in [-0.3, -0.25) is 4.79 Å². The van der Waals surface area contributed by atoms with Crippen LogP contribution in [0.25, 0.3) is 11.3 Å². The van der Waals surface area contributed by atoms with Crippen LogP contribution in [0.1, 0.15) is 12.5 Å². The predicted molar refractivity (Wildman–Crippen MR) is 141 cm³/mol. The summed E-state index contributed by atoms with van der Waals surface area (Å²) in [4.78, 5) is 18.1. The molecule has 9 heteroatoms. The van der Waals surface area contributed by atoms with Crippen LogP contribution in [0, 0.1) is 0 Å². The number of amides is 1. The minimum atomic E-state index is -1.04. The fourth-order valence-electron chi connectivity index (χ4n) is 3.09. The molecule has 0 fully saturated rings. The summed E-state index contributed by atoms with van der Waals surface area (Å²) in [6, 6.07) is 20.7. The highest BCUT2D eigenvalue weighted by Gasteiger charge is 2.19. The average Bonchev–Trinajstić information content (AvgIpc) is 2.86. The summed E-state index contributed by atoms with van der Waals surface area (Å²) in [5.74, 6) is 0.588. The molecule has 3 atom stereocenters. The lowest BCUT2D eigenvalue weighted by Crippen LogP contribution is -2.36. The molecule has 0 aliphatic carbocycles. The van der Waals surface area contributed by atoms with E-state index in [1.54, 1.807) is 25.3 Å². The van der Waals surface area contributed by atoms with Gasteiger partial charge < -0.3 is 25.7 Å². The molecule has 0 saturated carbocycles. The summed E-state index contributed by atoms with van der Waals surface area (Å²) in [6.07, 6.45) is 0.853. The fraction of sp³-hybridized carbons (Fsp3) is 0.280. The SMILES string of the molecule is CC(Oc1nc(-c2ccccc2)ccc1NCC(N)CS)C(=O)NCc1ccc([S+](C)[O-])cc1. The summed E-state index contributed by atoms with van der Waals surface area (Å²) >= 11 is 3.19. The molecule has 7 nitrogen and oxygen atoms in total. The van der Waals surface area contributed by atoms with Gasteiger partial charge in [-0.25, -0.2) is 4.98 Å². The third kappa shape index (κ3) is 7.39. The number of benzene rings is 2. The van der Waals surface area contributed by atoms with Crippen molar-refractivity contribution in [1.82, 2.24) is 10.3 Å². The number of hydrogen-bond donors (Lipinski definition) is 4. The molecule has 0 spiro atoms. The van der Waals surface area contributed by atoms with Crippen molar-refractivity contribution in [2.75, 3.05) is 23.9 Å². The lowest BCUT2D eigenvalue weighted by Gasteiger charge is -2.19. The second kappa shape index (κ2) is 12.7. The van der Waals surface area contributed by atoms with E-state index in [1.807, 2.05) is 54.6 Å². The van der Waals surface area contributed by atoms with Crippen molar-refractivity contribution in [3.63, 3.8) is 0 Å². The molecule has 0 saturated heterocycles. The zero-order chi connectivity index (χ0) is 24.5. The number of hydrogen-bond acceptors (Lipinski definition) is 7. The molecule has 0 bridgehead atoms. The molecule has 3 aromatic rings. The van der Waals surface area contributed by atoms with E-state index in [0.29, 0.717) is 30.4 Å². The van der Waals surface area contributed by atoms with Gasteiger partial charge in [0, 0.05) is 30.4 Å². The summed E-state index contributed by atoms with van der Waals surface area (Å²) < 4.78 is 17.5. The van der Waals surface area contributed by atoms with Gasteiger partial charge in [0.1, 0.15) is 6.26 Å². The monoisotopic (exact) mass is 498 g/mol. The number of rotatable bonds is 11. The van der Waals surface area contributed by atoms with Crippen molar-refractivity contribution in [3.8, 4) is 17.1 Å². The standard InChI is InChI=1S/C25H30N4O3S2/c1-17(24(30)28-14-18-8-10-21(11-9-18)34(2)31)32-25-23(27-15-20(26)16-33)13-12-22(29-25)19-6-4-3-5-7-19/h3-13,17,20,27,33H,14-16,26H2,1-2H3,(H,28,30). The predicted octanol–water partition coefficient (Wildman–Crippen LogP) is 3.24. The first-order valence-electron chi connectivity index (χ1n) is 10.9. The number of ether oxygens (including phenoxy) is 1. The van der Waals surface area contributed by atoms with Crippen LogP contribution in [0.3, 0.4) is 0 Å². The number of thiol groups is 1. The van der Waals surface area contributed by atoms with Gasteiger partial charge in [-0.1, -0.05) is 42.5 Å². The van der Waals surface area contributed by atoms with Crippen molar-refractivity contribution in [1.29, 1.82) is 0 Å². The maximum absolute atomic E-state index is 12.7. The Morgan fingerprint density at radius 2 is 1.85 bits per heavy atom. The fourth-order valence-corrected chi connectivity index (χ4v) is 3.74. The van der Waals surface area contributed by atoms with Gasteiger partial charge >= 0.3 is 0 Å². The highest BCUT2D eigenvalue weighted by atomic mass is 32.2. The Kier molecular flexibility index (Phi) is 9.64. The van der Waals surface area contributed by atoms with Gasteiger partial charge in [0.25, 0.3) is 5.91 Å². The summed E-state index contributed by atoms with van der Waals surface area (Å²) in [5.41, 5.74) is 9.22. The zero-order valence-corrected chi connectivity index (χ0v) is 20.9. The van der Waals surface area contributed by atoms with Crippen molar-refractivity contribution >= 4 is 35.4 Å². The maximum Gasteiger partial charge on any atom is 0.261 e. The molecule has 180 valence electrons. The molecule has 1 amide bonds. The van der Waals surface area contributed by atoms with E-state index in [9.17, 15) is 9.35 Å². The van der Waals surface area contributed by atoms with Crippen molar-refractivity contribution in [3.05, 3.63) is 72.3 Å². The number of aromatic nitrogens is 1. The second-order valence-corrected chi connectivity index (χ2v) is 9.56. The summed E-state index contributed by atoms with van der Waals surface area (Å²) in [7, 11) is 0. The normalized spacial score (nSPS) is 13.6. The maximum atomic E-state index is 12.7. The first kappa shape index (κ1) is 25.9. The third-order valence-electron chi connectivity index (χ3n) is 5.10. The summed E-state index contributed by atoms with van der Waals surface area (Å²) in [5, 5.41) is 6.12. The molecule has 4 N–H and O–H groups in total. The van der Waals surface area contributed by atoms with Gasteiger partial charge in [0.2, 0.25) is 5.88 Å². The zero-order valence-electron chi connectivity index (χ0n) is 19.2. The Morgan fingerprint density at radius 1 is 1.15 bits per heavy atom. The molecule has 0 aliphatic heterocycles. The van der Waals surface area contributed by atoms with E-state index in [2.05, 4.69) is 28.2 Å². The van der Waals surface area contributed by atoms with E-state index in [4.69, 9.17) is 10.5 Å². The van der Waals surface area contributed by atoms with E-state index in [0.717, 1.165) is 21.7 Å². The molecule has 3 rings (SSSR count). The third-order valence-corrected chi connectivity index (χ3v) is 6.50. The van der Waals surface area contributed by atoms with E-state index in [1.165, 1.54) is 0 Å². The number of nitrogens with one attached hydrogen (secondary N) is 2. The van der Waals surface area contributed by atoms with Gasteiger partial charge in [0.15, 0.2) is 11.0 Å². The van der Waals surface area contributed by atoms with Crippen molar-refractivity contribution in [2.45, 2.75) is 30.5 Å². The Balaban J connectivity index is 1.70. The van der Waals surface area contributed by atoms with E-state index >= 15 is 0 Å². The van der Waals surface area contributed by atoms with Crippen LogP contribution in [-0.2, 0) is 22.5 Å². The molecule has 1 heterocycles. The Morgan fingerprint density at radius 3 is 2.50 bits per heavy atom. The van der Waals surface area contributed by atoms with E-state index in [-0.39, 0.29) is 11.9 Å². The largest absolute Gasteiger partial charge is 0.612 e. The molecule has 1 aromatic heterocycles. The molecular weight excluding hydrogens is 468 g/mol. The minimum absolute atomic E-state index is 0.137. The second-order valence-electron chi connectivity index (χ2n) is 7.81. The number of anilines is 1. The molecule has 0 aliphatic rings. The Bertz CT molecular complexity index is 1070. The number of nitrogens with two attached hydrogens (primary N) is 1. The lowest BCUT2D eigenvalue weighted by atomic mass is 10.1.